The highest BCUT2D eigenvalue weighted by atomic mass is 32.2. The van der Waals surface area contributed by atoms with Gasteiger partial charge in [-0.1, -0.05) is 6.07 Å². The number of carbonyl (C=O) groups is 1. The number of morpholine rings is 1. The highest BCUT2D eigenvalue weighted by Gasteiger charge is 2.33. The number of amides is 2. The molecule has 1 atom stereocenters. The van der Waals surface area contributed by atoms with Crippen molar-refractivity contribution in [3.8, 4) is 0 Å². The number of carbonyl (C=O) groups excluding carboxylic acids is 1. The molecule has 0 radical (unpaired) electrons. The first-order valence-electron chi connectivity index (χ1n) is 9.12. The van der Waals surface area contributed by atoms with E-state index in [0.717, 1.165) is 0 Å². The standard InChI is InChI=1S/C18H26FN3O4S/c1-14-4-5-15(20-17(23)21-7-3-6-18(2,19)13-21)12-16(14)27(24,25)22-8-10-26-11-9-22/h4-5,12H,3,6-11,13H2,1-2H3,(H,20,23). The van der Waals surface area contributed by atoms with Crippen molar-refractivity contribution >= 4 is 21.7 Å². The minimum atomic E-state index is -3.67. The molecule has 0 aromatic heterocycles. The predicted octanol–water partition coefficient (Wildman–Crippen LogP) is 2.37. The topological polar surface area (TPSA) is 79.0 Å². The zero-order valence-electron chi connectivity index (χ0n) is 15.7. The fourth-order valence-corrected chi connectivity index (χ4v) is 5.11. The number of ether oxygens (including phenoxy) is 1. The molecule has 150 valence electrons. The summed E-state index contributed by atoms with van der Waals surface area (Å²) in [6.45, 7) is 5.07. The van der Waals surface area contributed by atoms with Gasteiger partial charge in [-0.25, -0.2) is 17.6 Å². The van der Waals surface area contributed by atoms with Crippen LogP contribution in [0.15, 0.2) is 23.1 Å². The summed E-state index contributed by atoms with van der Waals surface area (Å²) in [6.07, 6.45) is 1.04. The number of sulfonamides is 1. The Morgan fingerprint density at radius 2 is 1.96 bits per heavy atom. The normalized spacial score (nSPS) is 24.6. The lowest BCUT2D eigenvalue weighted by Gasteiger charge is -2.35. The van der Waals surface area contributed by atoms with Crippen molar-refractivity contribution in [1.82, 2.24) is 9.21 Å². The van der Waals surface area contributed by atoms with Crippen LogP contribution in [0.3, 0.4) is 0 Å². The van der Waals surface area contributed by atoms with E-state index in [1.54, 1.807) is 19.1 Å². The van der Waals surface area contributed by atoms with E-state index in [1.165, 1.54) is 22.2 Å². The summed E-state index contributed by atoms with van der Waals surface area (Å²) in [5, 5.41) is 2.70. The van der Waals surface area contributed by atoms with Crippen molar-refractivity contribution < 1.29 is 22.3 Å². The molecule has 1 aromatic rings. The molecule has 2 aliphatic rings. The highest BCUT2D eigenvalue weighted by Crippen LogP contribution is 2.27. The van der Waals surface area contributed by atoms with Gasteiger partial charge >= 0.3 is 6.03 Å². The second kappa shape index (κ2) is 7.73. The molecule has 1 aromatic carbocycles. The highest BCUT2D eigenvalue weighted by molar-refractivity contribution is 7.89. The molecule has 0 spiro atoms. The third kappa shape index (κ3) is 4.59. The van der Waals surface area contributed by atoms with E-state index in [4.69, 9.17) is 4.74 Å². The fourth-order valence-electron chi connectivity index (χ4n) is 3.45. The smallest absolute Gasteiger partial charge is 0.321 e. The van der Waals surface area contributed by atoms with Gasteiger partial charge in [0.05, 0.1) is 24.7 Å². The number of hydrogen-bond acceptors (Lipinski definition) is 4. The maximum absolute atomic E-state index is 14.2. The van der Waals surface area contributed by atoms with Crippen LogP contribution in [-0.2, 0) is 14.8 Å². The summed E-state index contributed by atoms with van der Waals surface area (Å²) in [5.41, 5.74) is -0.411. The quantitative estimate of drug-likeness (QED) is 0.846. The number of hydrogen-bond donors (Lipinski definition) is 1. The molecule has 3 rings (SSSR count). The molecule has 2 aliphatic heterocycles. The Morgan fingerprint density at radius 3 is 2.63 bits per heavy atom. The van der Waals surface area contributed by atoms with Gasteiger partial charge in [0.1, 0.15) is 5.67 Å². The number of nitrogens with zero attached hydrogens (tertiary/aromatic N) is 2. The SMILES string of the molecule is Cc1ccc(NC(=O)N2CCCC(C)(F)C2)cc1S(=O)(=O)N1CCOCC1. The number of aryl methyl sites for hydroxylation is 1. The first-order valence-corrected chi connectivity index (χ1v) is 10.6. The number of rotatable bonds is 3. The van der Waals surface area contributed by atoms with Crippen molar-refractivity contribution in [3.63, 3.8) is 0 Å². The third-order valence-corrected chi connectivity index (χ3v) is 7.00. The zero-order chi connectivity index (χ0) is 19.7. The number of nitrogens with one attached hydrogen (secondary N) is 1. The maximum atomic E-state index is 14.2. The van der Waals surface area contributed by atoms with Crippen molar-refractivity contribution in [1.29, 1.82) is 0 Å². The van der Waals surface area contributed by atoms with Gasteiger partial charge in [-0.3, -0.25) is 0 Å². The molecule has 2 saturated heterocycles. The van der Waals surface area contributed by atoms with E-state index in [2.05, 4.69) is 5.32 Å². The predicted molar refractivity (Wildman–Crippen MR) is 100 cm³/mol. The van der Waals surface area contributed by atoms with Crippen LogP contribution in [-0.4, -0.2) is 68.7 Å². The van der Waals surface area contributed by atoms with Crippen LogP contribution in [0.25, 0.3) is 0 Å². The number of likely N-dealkylation sites (tertiary alicyclic amines) is 1. The number of alkyl halides is 1. The molecule has 2 amide bonds. The van der Waals surface area contributed by atoms with Crippen LogP contribution < -0.4 is 5.32 Å². The fraction of sp³-hybridized carbons (Fsp3) is 0.611. The van der Waals surface area contributed by atoms with E-state index in [9.17, 15) is 17.6 Å². The summed E-state index contributed by atoms with van der Waals surface area (Å²) in [4.78, 5) is 14.1. The maximum Gasteiger partial charge on any atom is 0.321 e. The second-order valence-electron chi connectivity index (χ2n) is 7.37. The summed E-state index contributed by atoms with van der Waals surface area (Å²) < 4.78 is 46.7. The van der Waals surface area contributed by atoms with Gasteiger partial charge in [-0.15, -0.1) is 0 Å². The lowest BCUT2D eigenvalue weighted by atomic mass is 9.97. The van der Waals surface area contributed by atoms with E-state index in [1.807, 2.05) is 0 Å². The van der Waals surface area contributed by atoms with Crippen LogP contribution in [0.5, 0.6) is 0 Å². The number of halogens is 1. The molecule has 2 heterocycles. The number of benzene rings is 1. The first kappa shape index (κ1) is 20.0. The second-order valence-corrected chi connectivity index (χ2v) is 9.27. The zero-order valence-corrected chi connectivity index (χ0v) is 16.5. The van der Waals surface area contributed by atoms with Crippen LogP contribution in [0.4, 0.5) is 14.9 Å². The molecule has 27 heavy (non-hydrogen) atoms. The minimum Gasteiger partial charge on any atom is -0.379 e. The first-order chi connectivity index (χ1) is 12.7. The van der Waals surface area contributed by atoms with Crippen molar-refractivity contribution in [2.75, 3.05) is 44.7 Å². The molecular formula is C18H26FN3O4S. The lowest BCUT2D eigenvalue weighted by Crippen LogP contribution is -2.48. The third-order valence-electron chi connectivity index (χ3n) is 4.96. The summed E-state index contributed by atoms with van der Waals surface area (Å²) >= 11 is 0. The van der Waals surface area contributed by atoms with E-state index >= 15 is 0 Å². The molecule has 1 N–H and O–H groups in total. The summed E-state index contributed by atoms with van der Waals surface area (Å²) in [6, 6.07) is 4.37. The summed E-state index contributed by atoms with van der Waals surface area (Å²) in [5.74, 6) is 0. The Balaban J connectivity index is 1.78. The van der Waals surface area contributed by atoms with Crippen LogP contribution in [0, 0.1) is 6.92 Å². The van der Waals surface area contributed by atoms with E-state index in [-0.39, 0.29) is 11.4 Å². The van der Waals surface area contributed by atoms with Gasteiger partial charge in [0.15, 0.2) is 0 Å². The Labute approximate surface area is 159 Å². The van der Waals surface area contributed by atoms with Crippen LogP contribution >= 0.6 is 0 Å². The molecule has 0 saturated carbocycles. The lowest BCUT2D eigenvalue weighted by molar-refractivity contribution is 0.0730. The van der Waals surface area contributed by atoms with Gasteiger partial charge in [0, 0.05) is 25.3 Å². The van der Waals surface area contributed by atoms with Gasteiger partial charge in [0.2, 0.25) is 10.0 Å². The van der Waals surface area contributed by atoms with Gasteiger partial charge in [-0.2, -0.15) is 4.31 Å². The summed E-state index contributed by atoms with van der Waals surface area (Å²) in [7, 11) is -3.67. The van der Waals surface area contributed by atoms with Crippen molar-refractivity contribution in [3.05, 3.63) is 23.8 Å². The number of piperidine rings is 1. The molecule has 0 bridgehead atoms. The van der Waals surface area contributed by atoms with Crippen molar-refractivity contribution in [2.24, 2.45) is 0 Å². The molecule has 7 nitrogen and oxygen atoms in total. The average Bonchev–Trinajstić information content (AvgIpc) is 2.63. The molecular weight excluding hydrogens is 373 g/mol. The van der Waals surface area contributed by atoms with Crippen LogP contribution in [0.1, 0.15) is 25.3 Å². The van der Waals surface area contributed by atoms with E-state index < -0.39 is 21.7 Å². The number of anilines is 1. The Kier molecular flexibility index (Phi) is 5.73. The monoisotopic (exact) mass is 399 g/mol. The van der Waals surface area contributed by atoms with E-state index in [0.29, 0.717) is 56.9 Å². The molecule has 0 aliphatic carbocycles. The molecule has 2 fully saturated rings. The minimum absolute atomic E-state index is 0.0314. The van der Waals surface area contributed by atoms with Crippen molar-refractivity contribution in [2.45, 2.75) is 37.3 Å². The van der Waals surface area contributed by atoms with Gasteiger partial charge in [0.25, 0.3) is 0 Å². The Bertz CT molecular complexity index is 807. The van der Waals surface area contributed by atoms with Gasteiger partial charge < -0.3 is 15.0 Å². The number of urea groups is 1. The Morgan fingerprint density at radius 1 is 1.26 bits per heavy atom. The van der Waals surface area contributed by atoms with Gasteiger partial charge in [-0.05, 0) is 44.4 Å². The molecule has 1 unspecified atom stereocenters. The largest absolute Gasteiger partial charge is 0.379 e. The van der Waals surface area contributed by atoms with Crippen LogP contribution in [0.2, 0.25) is 0 Å². The molecule has 9 heteroatoms. The Hall–Kier alpha value is -1.71. The average molecular weight is 399 g/mol.